The summed E-state index contributed by atoms with van der Waals surface area (Å²) in [4.78, 5) is 25.8. The maximum Gasteiger partial charge on any atom is 0.356 e. The largest absolute Gasteiger partial charge is 0.464 e. The van der Waals surface area contributed by atoms with Crippen LogP contribution < -0.4 is 5.69 Å². The van der Waals surface area contributed by atoms with Gasteiger partial charge in [-0.1, -0.05) is 34.1 Å². The van der Waals surface area contributed by atoms with E-state index in [1.165, 1.54) is 11.7 Å². The molecule has 2 rings (SSSR count). The third kappa shape index (κ3) is 1.99. The highest BCUT2D eigenvalue weighted by molar-refractivity contribution is 9.10. The summed E-state index contributed by atoms with van der Waals surface area (Å²) in [6.07, 6.45) is 0. The molecular weight excluding hydrogens is 300 g/mol. The zero-order valence-corrected chi connectivity index (χ0v) is 11.4. The first kappa shape index (κ1) is 12.6. The van der Waals surface area contributed by atoms with Gasteiger partial charge in [-0.2, -0.15) is 0 Å². The van der Waals surface area contributed by atoms with Crippen LogP contribution in [0, 0.1) is 0 Å². The molecule has 18 heavy (non-hydrogen) atoms. The van der Waals surface area contributed by atoms with Gasteiger partial charge >= 0.3 is 11.7 Å². The first-order valence-corrected chi connectivity index (χ1v) is 5.97. The number of rotatable bonds is 2. The molecule has 0 saturated heterocycles. The van der Waals surface area contributed by atoms with Crippen molar-refractivity contribution >= 4 is 21.9 Å². The smallest absolute Gasteiger partial charge is 0.356 e. The SMILES string of the molecule is COC(=O)c1[nH]c(=O)n(C)c1-c1ccccc1Br. The molecule has 1 heterocycles. The number of aromatic amines is 1. The van der Waals surface area contributed by atoms with Crippen molar-refractivity contribution in [3.63, 3.8) is 0 Å². The van der Waals surface area contributed by atoms with Gasteiger partial charge in [0, 0.05) is 17.1 Å². The summed E-state index contributed by atoms with van der Waals surface area (Å²) in [5.41, 5.74) is 1.04. The van der Waals surface area contributed by atoms with Crippen molar-refractivity contribution < 1.29 is 9.53 Å². The van der Waals surface area contributed by atoms with Crippen molar-refractivity contribution in [1.29, 1.82) is 0 Å². The Hall–Kier alpha value is -1.82. The van der Waals surface area contributed by atoms with Crippen molar-refractivity contribution in [3.05, 3.63) is 44.9 Å². The van der Waals surface area contributed by atoms with Gasteiger partial charge in [0.25, 0.3) is 0 Å². The van der Waals surface area contributed by atoms with Crippen LogP contribution >= 0.6 is 15.9 Å². The lowest BCUT2D eigenvalue weighted by atomic mass is 10.1. The maximum atomic E-state index is 11.7. The van der Waals surface area contributed by atoms with Crippen LogP contribution in [-0.2, 0) is 11.8 Å². The zero-order chi connectivity index (χ0) is 13.3. The fourth-order valence-electron chi connectivity index (χ4n) is 1.74. The number of hydrogen-bond acceptors (Lipinski definition) is 3. The molecule has 2 aromatic rings. The minimum atomic E-state index is -0.571. The molecule has 1 aromatic carbocycles. The number of benzene rings is 1. The third-order valence-electron chi connectivity index (χ3n) is 2.63. The average molecular weight is 311 g/mol. The molecule has 0 aliphatic rings. The van der Waals surface area contributed by atoms with Crippen LogP contribution in [0.15, 0.2) is 33.5 Å². The second-order valence-corrected chi connectivity index (χ2v) is 4.54. The minimum Gasteiger partial charge on any atom is -0.464 e. The van der Waals surface area contributed by atoms with Gasteiger partial charge in [0.15, 0.2) is 5.69 Å². The van der Waals surface area contributed by atoms with Gasteiger partial charge in [-0.3, -0.25) is 9.55 Å². The number of methoxy groups -OCH3 is 1. The molecular formula is C12H11BrN2O3. The Balaban J connectivity index is 2.75. The van der Waals surface area contributed by atoms with E-state index in [4.69, 9.17) is 0 Å². The van der Waals surface area contributed by atoms with Gasteiger partial charge in [0.1, 0.15) is 0 Å². The average Bonchev–Trinajstić information content (AvgIpc) is 2.66. The highest BCUT2D eigenvalue weighted by atomic mass is 79.9. The quantitative estimate of drug-likeness (QED) is 0.862. The number of imidazole rings is 1. The van der Waals surface area contributed by atoms with Crippen LogP contribution in [0.2, 0.25) is 0 Å². The second-order valence-electron chi connectivity index (χ2n) is 3.68. The molecule has 0 saturated carbocycles. The van der Waals surface area contributed by atoms with E-state index >= 15 is 0 Å². The van der Waals surface area contributed by atoms with E-state index in [1.54, 1.807) is 7.05 Å². The Labute approximate surface area is 112 Å². The summed E-state index contributed by atoms with van der Waals surface area (Å²) < 4.78 is 6.85. The van der Waals surface area contributed by atoms with Crippen LogP contribution in [0.1, 0.15) is 10.5 Å². The molecule has 1 aromatic heterocycles. The number of H-pyrrole nitrogens is 1. The van der Waals surface area contributed by atoms with Crippen LogP contribution in [0.25, 0.3) is 11.3 Å². The van der Waals surface area contributed by atoms with Gasteiger partial charge < -0.3 is 4.74 Å². The maximum absolute atomic E-state index is 11.7. The summed E-state index contributed by atoms with van der Waals surface area (Å²) in [6, 6.07) is 7.35. The van der Waals surface area contributed by atoms with E-state index in [9.17, 15) is 9.59 Å². The van der Waals surface area contributed by atoms with E-state index in [2.05, 4.69) is 25.7 Å². The molecule has 5 nitrogen and oxygen atoms in total. The number of carbonyl (C=O) groups excluding carboxylic acids is 1. The van der Waals surface area contributed by atoms with E-state index < -0.39 is 5.97 Å². The van der Waals surface area contributed by atoms with Crippen LogP contribution in [-0.4, -0.2) is 22.6 Å². The fourth-order valence-corrected chi connectivity index (χ4v) is 2.21. The lowest BCUT2D eigenvalue weighted by Crippen LogP contribution is -2.13. The molecule has 0 fully saturated rings. The Morgan fingerprint density at radius 1 is 1.39 bits per heavy atom. The fraction of sp³-hybridized carbons (Fsp3) is 0.167. The standard InChI is InChI=1S/C12H11BrN2O3/c1-15-10(7-5-3-4-6-8(7)13)9(11(16)18-2)14-12(15)17/h3-6H,1-2H3,(H,14,17). The number of nitrogens with one attached hydrogen (secondary N) is 1. The summed E-state index contributed by atoms with van der Waals surface area (Å²) >= 11 is 3.40. The third-order valence-corrected chi connectivity index (χ3v) is 3.32. The summed E-state index contributed by atoms with van der Waals surface area (Å²) in [5.74, 6) is -0.571. The van der Waals surface area contributed by atoms with Crippen molar-refractivity contribution in [2.75, 3.05) is 7.11 Å². The van der Waals surface area contributed by atoms with Crippen molar-refractivity contribution in [2.45, 2.75) is 0 Å². The molecule has 0 aliphatic heterocycles. The summed E-state index contributed by atoms with van der Waals surface area (Å²) in [6.45, 7) is 0. The van der Waals surface area contributed by atoms with E-state index in [-0.39, 0.29) is 11.4 Å². The predicted molar refractivity (Wildman–Crippen MR) is 70.5 cm³/mol. The predicted octanol–water partition coefficient (Wildman–Crippen LogP) is 1.93. The molecule has 94 valence electrons. The molecule has 0 spiro atoms. The number of nitrogens with zero attached hydrogens (tertiary/aromatic N) is 1. The van der Waals surface area contributed by atoms with Gasteiger partial charge in [0.2, 0.25) is 0 Å². The van der Waals surface area contributed by atoms with Crippen molar-refractivity contribution in [3.8, 4) is 11.3 Å². The molecule has 0 atom stereocenters. The monoisotopic (exact) mass is 310 g/mol. The number of aromatic nitrogens is 2. The van der Waals surface area contributed by atoms with Crippen molar-refractivity contribution in [2.24, 2.45) is 7.05 Å². The first-order valence-electron chi connectivity index (χ1n) is 5.18. The normalized spacial score (nSPS) is 10.4. The molecule has 1 N–H and O–H groups in total. The zero-order valence-electron chi connectivity index (χ0n) is 9.86. The second kappa shape index (κ2) is 4.81. The molecule has 0 bridgehead atoms. The summed E-state index contributed by atoms with van der Waals surface area (Å²) in [7, 11) is 2.87. The number of carbonyl (C=O) groups is 1. The highest BCUT2D eigenvalue weighted by Crippen LogP contribution is 2.29. The van der Waals surface area contributed by atoms with Gasteiger partial charge in [-0.05, 0) is 6.07 Å². The molecule has 0 amide bonds. The molecule has 6 heteroatoms. The highest BCUT2D eigenvalue weighted by Gasteiger charge is 2.21. The molecule has 0 aliphatic carbocycles. The summed E-state index contributed by atoms with van der Waals surface area (Å²) in [5, 5.41) is 0. The topological polar surface area (TPSA) is 64.1 Å². The number of halogens is 1. The number of hydrogen-bond donors (Lipinski definition) is 1. The van der Waals surface area contributed by atoms with Crippen LogP contribution in [0.3, 0.4) is 0 Å². The van der Waals surface area contributed by atoms with Crippen LogP contribution in [0.4, 0.5) is 0 Å². The molecule has 0 radical (unpaired) electrons. The van der Waals surface area contributed by atoms with E-state index in [1.807, 2.05) is 24.3 Å². The van der Waals surface area contributed by atoms with E-state index in [0.717, 1.165) is 10.0 Å². The van der Waals surface area contributed by atoms with E-state index in [0.29, 0.717) is 5.69 Å². The van der Waals surface area contributed by atoms with Gasteiger partial charge in [-0.25, -0.2) is 9.59 Å². The van der Waals surface area contributed by atoms with Crippen LogP contribution in [0.5, 0.6) is 0 Å². The Bertz CT molecular complexity index is 658. The number of ether oxygens (including phenoxy) is 1. The van der Waals surface area contributed by atoms with Crippen molar-refractivity contribution in [1.82, 2.24) is 9.55 Å². The van der Waals surface area contributed by atoms with Gasteiger partial charge in [-0.15, -0.1) is 0 Å². The number of esters is 1. The molecule has 0 unspecified atom stereocenters. The first-order chi connectivity index (χ1) is 8.56. The lowest BCUT2D eigenvalue weighted by Gasteiger charge is -2.07. The van der Waals surface area contributed by atoms with Gasteiger partial charge in [0.05, 0.1) is 12.8 Å². The lowest BCUT2D eigenvalue weighted by molar-refractivity contribution is 0.0595. The Morgan fingerprint density at radius 3 is 2.67 bits per heavy atom. The minimum absolute atomic E-state index is 0.150. The Kier molecular flexibility index (Phi) is 3.38. The Morgan fingerprint density at radius 2 is 2.06 bits per heavy atom.